The Morgan fingerprint density at radius 2 is 1.41 bits per heavy atom. The predicted molar refractivity (Wildman–Crippen MR) is 114 cm³/mol. The summed E-state index contributed by atoms with van der Waals surface area (Å²) in [7, 11) is 5.67. The molecule has 0 aliphatic rings. The van der Waals surface area contributed by atoms with Crippen molar-refractivity contribution in [2.24, 2.45) is 0 Å². The molecule has 0 amide bonds. The first kappa shape index (κ1) is 18.5. The van der Waals surface area contributed by atoms with E-state index >= 15 is 0 Å². The highest BCUT2D eigenvalue weighted by Crippen LogP contribution is 2.22. The standard InChI is InChI=1S/C24H23NO2/c1-25(2)22-11-5-18(6-12-22)7-13-23(26)14-8-19-4-9-21-17-24(27-3)15-10-20(21)16-19/h4-17H,1-3H3/b13-7+,14-8+. The van der Waals surface area contributed by atoms with E-state index in [-0.39, 0.29) is 5.78 Å². The largest absolute Gasteiger partial charge is 0.497 e. The zero-order chi connectivity index (χ0) is 19.2. The minimum absolute atomic E-state index is 0.0403. The highest BCUT2D eigenvalue weighted by Gasteiger charge is 1.98. The van der Waals surface area contributed by atoms with Crippen molar-refractivity contribution in [2.75, 3.05) is 26.1 Å². The summed E-state index contributed by atoms with van der Waals surface area (Å²) in [5, 5.41) is 2.22. The molecule has 0 aromatic heterocycles. The van der Waals surface area contributed by atoms with Gasteiger partial charge in [-0.3, -0.25) is 4.79 Å². The SMILES string of the molecule is COc1ccc2cc(/C=C/C(=O)/C=C/c3ccc(N(C)C)cc3)ccc2c1. The average Bonchev–Trinajstić information content (AvgIpc) is 2.70. The average molecular weight is 357 g/mol. The van der Waals surface area contributed by atoms with Crippen LogP contribution in [0.4, 0.5) is 5.69 Å². The number of benzene rings is 3. The van der Waals surface area contributed by atoms with Gasteiger partial charge in [0.25, 0.3) is 0 Å². The molecule has 0 N–H and O–H groups in total. The molecule has 3 nitrogen and oxygen atoms in total. The molecule has 0 bridgehead atoms. The van der Waals surface area contributed by atoms with E-state index in [0.29, 0.717) is 0 Å². The molecular weight excluding hydrogens is 334 g/mol. The van der Waals surface area contributed by atoms with E-state index in [2.05, 4.69) is 6.07 Å². The first-order chi connectivity index (χ1) is 13.0. The molecular formula is C24H23NO2. The van der Waals surface area contributed by atoms with Gasteiger partial charge in [-0.05, 0) is 64.4 Å². The quantitative estimate of drug-likeness (QED) is 0.567. The minimum atomic E-state index is -0.0403. The number of anilines is 1. The van der Waals surface area contributed by atoms with E-state index in [0.717, 1.165) is 33.3 Å². The van der Waals surface area contributed by atoms with Gasteiger partial charge >= 0.3 is 0 Å². The fraction of sp³-hybridized carbons (Fsp3) is 0.125. The first-order valence-electron chi connectivity index (χ1n) is 8.80. The van der Waals surface area contributed by atoms with Gasteiger partial charge < -0.3 is 9.64 Å². The Bertz CT molecular complexity index is 999. The molecule has 3 aromatic rings. The maximum Gasteiger partial charge on any atom is 0.178 e. The Morgan fingerprint density at radius 3 is 2.07 bits per heavy atom. The van der Waals surface area contributed by atoms with Crippen LogP contribution < -0.4 is 9.64 Å². The number of fused-ring (bicyclic) bond motifs is 1. The van der Waals surface area contributed by atoms with Crippen LogP contribution in [-0.2, 0) is 4.79 Å². The molecule has 0 aliphatic heterocycles. The van der Waals surface area contributed by atoms with E-state index in [4.69, 9.17) is 4.74 Å². The van der Waals surface area contributed by atoms with E-state index in [1.54, 1.807) is 19.3 Å². The first-order valence-corrected chi connectivity index (χ1v) is 8.80. The molecule has 27 heavy (non-hydrogen) atoms. The monoisotopic (exact) mass is 357 g/mol. The second kappa shape index (κ2) is 8.37. The molecule has 0 unspecified atom stereocenters. The Hall–Kier alpha value is -3.33. The Morgan fingerprint density at radius 1 is 0.815 bits per heavy atom. The highest BCUT2D eigenvalue weighted by molar-refractivity contribution is 6.04. The molecule has 0 atom stereocenters. The summed E-state index contributed by atoms with van der Waals surface area (Å²) in [5.74, 6) is 0.797. The van der Waals surface area contributed by atoms with Crippen molar-refractivity contribution >= 4 is 34.4 Å². The molecule has 0 saturated carbocycles. The van der Waals surface area contributed by atoms with Crippen LogP contribution in [-0.4, -0.2) is 27.0 Å². The Balaban J connectivity index is 1.67. The molecule has 0 spiro atoms. The highest BCUT2D eigenvalue weighted by atomic mass is 16.5. The van der Waals surface area contributed by atoms with Crippen LogP contribution in [0.1, 0.15) is 11.1 Å². The summed E-state index contributed by atoms with van der Waals surface area (Å²) < 4.78 is 5.24. The van der Waals surface area contributed by atoms with Crippen LogP contribution in [0.3, 0.4) is 0 Å². The van der Waals surface area contributed by atoms with Crippen molar-refractivity contribution in [1.82, 2.24) is 0 Å². The topological polar surface area (TPSA) is 29.5 Å². The maximum absolute atomic E-state index is 12.1. The number of hydrogen-bond donors (Lipinski definition) is 0. The number of hydrogen-bond acceptors (Lipinski definition) is 3. The lowest BCUT2D eigenvalue weighted by atomic mass is 10.1. The third-order valence-corrected chi connectivity index (χ3v) is 4.36. The summed E-state index contributed by atoms with van der Waals surface area (Å²) in [6, 6.07) is 20.1. The zero-order valence-corrected chi connectivity index (χ0v) is 15.8. The van der Waals surface area contributed by atoms with E-state index in [1.165, 1.54) is 0 Å². The van der Waals surface area contributed by atoms with E-state index < -0.39 is 0 Å². The molecule has 3 aromatic carbocycles. The van der Waals surface area contributed by atoms with Gasteiger partial charge in [0.05, 0.1) is 7.11 Å². The molecule has 0 aliphatic carbocycles. The third kappa shape index (κ3) is 4.85. The number of carbonyl (C=O) groups is 1. The summed E-state index contributed by atoms with van der Waals surface area (Å²) in [6.07, 6.45) is 6.85. The number of rotatable bonds is 6. The number of ether oxygens (including phenoxy) is 1. The van der Waals surface area contributed by atoms with Gasteiger partial charge in [0.1, 0.15) is 5.75 Å². The molecule has 0 heterocycles. The number of allylic oxidation sites excluding steroid dienone is 2. The number of ketones is 1. The Labute approximate surface area is 160 Å². The third-order valence-electron chi connectivity index (χ3n) is 4.36. The van der Waals surface area contributed by atoms with Gasteiger partial charge in [0, 0.05) is 19.8 Å². The molecule has 136 valence electrons. The van der Waals surface area contributed by atoms with Gasteiger partial charge in [-0.2, -0.15) is 0 Å². The van der Waals surface area contributed by atoms with Gasteiger partial charge in [-0.1, -0.05) is 42.5 Å². The van der Waals surface area contributed by atoms with Crippen LogP contribution in [0.5, 0.6) is 5.75 Å². The maximum atomic E-state index is 12.1. The number of nitrogens with zero attached hydrogens (tertiary/aromatic N) is 1. The number of methoxy groups -OCH3 is 1. The molecule has 0 saturated heterocycles. The zero-order valence-electron chi connectivity index (χ0n) is 15.8. The molecule has 0 fully saturated rings. The van der Waals surface area contributed by atoms with Crippen LogP contribution in [0.25, 0.3) is 22.9 Å². The van der Waals surface area contributed by atoms with Crippen molar-refractivity contribution in [2.45, 2.75) is 0 Å². The molecule has 3 heteroatoms. The Kier molecular flexibility index (Phi) is 5.72. The number of carbonyl (C=O) groups excluding carboxylic acids is 1. The van der Waals surface area contributed by atoms with Gasteiger partial charge in [-0.25, -0.2) is 0 Å². The second-order valence-corrected chi connectivity index (χ2v) is 6.53. The van der Waals surface area contributed by atoms with Crippen LogP contribution in [0, 0.1) is 0 Å². The lowest BCUT2D eigenvalue weighted by Gasteiger charge is -2.11. The summed E-state index contributed by atoms with van der Waals surface area (Å²) >= 11 is 0. The van der Waals surface area contributed by atoms with E-state index in [9.17, 15) is 4.79 Å². The van der Waals surface area contributed by atoms with Crippen LogP contribution in [0.15, 0.2) is 72.8 Å². The summed E-state index contributed by atoms with van der Waals surface area (Å²) in [5.41, 5.74) is 3.12. The second-order valence-electron chi connectivity index (χ2n) is 6.53. The molecule has 3 rings (SSSR count). The van der Waals surface area contributed by atoms with Gasteiger partial charge in [0.15, 0.2) is 5.78 Å². The van der Waals surface area contributed by atoms with Gasteiger partial charge in [0.2, 0.25) is 0 Å². The van der Waals surface area contributed by atoms with E-state index in [1.807, 2.05) is 85.7 Å². The van der Waals surface area contributed by atoms with Crippen LogP contribution in [0.2, 0.25) is 0 Å². The van der Waals surface area contributed by atoms with Crippen molar-refractivity contribution < 1.29 is 9.53 Å². The predicted octanol–water partition coefficient (Wildman–Crippen LogP) is 5.21. The van der Waals surface area contributed by atoms with Gasteiger partial charge in [-0.15, -0.1) is 0 Å². The fourth-order valence-corrected chi connectivity index (χ4v) is 2.77. The summed E-state index contributed by atoms with van der Waals surface area (Å²) in [6.45, 7) is 0. The van der Waals surface area contributed by atoms with Crippen molar-refractivity contribution in [1.29, 1.82) is 0 Å². The molecule has 0 radical (unpaired) electrons. The lowest BCUT2D eigenvalue weighted by Crippen LogP contribution is -2.07. The lowest BCUT2D eigenvalue weighted by molar-refractivity contribution is -0.110. The van der Waals surface area contributed by atoms with Crippen molar-refractivity contribution in [3.63, 3.8) is 0 Å². The van der Waals surface area contributed by atoms with Crippen molar-refractivity contribution in [3.05, 3.63) is 83.9 Å². The van der Waals surface area contributed by atoms with Crippen molar-refractivity contribution in [3.8, 4) is 5.75 Å². The normalized spacial score (nSPS) is 11.4. The smallest absolute Gasteiger partial charge is 0.178 e. The minimum Gasteiger partial charge on any atom is -0.497 e. The van der Waals surface area contributed by atoms with Crippen LogP contribution >= 0.6 is 0 Å². The fourth-order valence-electron chi connectivity index (χ4n) is 2.77. The summed E-state index contributed by atoms with van der Waals surface area (Å²) in [4.78, 5) is 14.2.